The predicted molar refractivity (Wildman–Crippen MR) is 130 cm³/mol. The SMILES string of the molecule is CCCCNC(=NCC(c1cccs1)N1CCOCC1)NCCc1ccco1.I. The third-order valence-corrected chi connectivity index (χ3v) is 5.82. The van der Waals surface area contributed by atoms with Crippen molar-refractivity contribution in [3.8, 4) is 0 Å². The van der Waals surface area contributed by atoms with Crippen molar-refractivity contribution in [3.63, 3.8) is 0 Å². The molecule has 1 fully saturated rings. The number of aliphatic imine (C=N–C) groups is 1. The molecule has 6 nitrogen and oxygen atoms in total. The van der Waals surface area contributed by atoms with Crippen LogP contribution < -0.4 is 10.6 Å². The molecule has 0 aliphatic carbocycles. The first-order valence-corrected chi connectivity index (χ1v) is 11.1. The third-order valence-electron chi connectivity index (χ3n) is 4.85. The smallest absolute Gasteiger partial charge is 0.191 e. The van der Waals surface area contributed by atoms with Crippen LogP contribution in [0.4, 0.5) is 0 Å². The van der Waals surface area contributed by atoms with Crippen LogP contribution >= 0.6 is 35.3 Å². The summed E-state index contributed by atoms with van der Waals surface area (Å²) in [5, 5.41) is 9.08. The molecule has 1 aliphatic rings. The van der Waals surface area contributed by atoms with Gasteiger partial charge in [-0.2, -0.15) is 0 Å². The Morgan fingerprint density at radius 1 is 1.21 bits per heavy atom. The second-order valence-electron chi connectivity index (χ2n) is 6.91. The number of ether oxygens (including phenoxy) is 1. The molecule has 0 radical (unpaired) electrons. The molecule has 1 unspecified atom stereocenters. The average molecular weight is 532 g/mol. The van der Waals surface area contributed by atoms with E-state index >= 15 is 0 Å². The van der Waals surface area contributed by atoms with E-state index in [1.165, 1.54) is 4.88 Å². The lowest BCUT2D eigenvalue weighted by atomic mass is 10.2. The average Bonchev–Trinajstić information content (AvgIpc) is 3.43. The number of nitrogens with zero attached hydrogens (tertiary/aromatic N) is 2. The van der Waals surface area contributed by atoms with Crippen LogP contribution in [0.3, 0.4) is 0 Å². The van der Waals surface area contributed by atoms with Gasteiger partial charge in [0, 0.05) is 37.5 Å². The standard InChI is InChI=1S/C21H32N4O2S.HI/c1-2-3-9-22-21(23-10-8-18-6-4-13-27-18)24-17-19(20-7-5-16-28-20)25-11-14-26-15-12-25;/h4-7,13,16,19H,2-3,8-12,14-15,17H2,1H3,(H2,22,23,24);1H. The Morgan fingerprint density at radius 3 is 2.72 bits per heavy atom. The zero-order valence-electron chi connectivity index (χ0n) is 17.1. The summed E-state index contributed by atoms with van der Waals surface area (Å²) >= 11 is 1.81. The van der Waals surface area contributed by atoms with Gasteiger partial charge >= 0.3 is 0 Å². The normalized spacial score (nSPS) is 16.2. The molecule has 29 heavy (non-hydrogen) atoms. The highest BCUT2D eigenvalue weighted by Gasteiger charge is 2.23. The number of unbranched alkanes of at least 4 members (excludes halogenated alkanes) is 1. The van der Waals surface area contributed by atoms with Crippen LogP contribution in [0.25, 0.3) is 0 Å². The molecule has 3 rings (SSSR count). The Labute approximate surface area is 195 Å². The van der Waals surface area contributed by atoms with E-state index in [4.69, 9.17) is 14.1 Å². The number of hydrogen-bond donors (Lipinski definition) is 2. The summed E-state index contributed by atoms with van der Waals surface area (Å²) in [6, 6.07) is 8.58. The Hall–Kier alpha value is -1.10. The first-order chi connectivity index (χ1) is 13.9. The molecule has 2 aromatic rings. The monoisotopic (exact) mass is 532 g/mol. The van der Waals surface area contributed by atoms with Crippen LogP contribution in [-0.2, 0) is 11.2 Å². The lowest BCUT2D eigenvalue weighted by Crippen LogP contribution is -2.42. The zero-order valence-corrected chi connectivity index (χ0v) is 20.3. The molecule has 3 heterocycles. The first kappa shape index (κ1) is 24.2. The Balaban J connectivity index is 0.00000300. The van der Waals surface area contributed by atoms with Gasteiger partial charge < -0.3 is 19.8 Å². The van der Waals surface area contributed by atoms with Crippen molar-refractivity contribution in [2.24, 2.45) is 4.99 Å². The largest absolute Gasteiger partial charge is 0.469 e. The second kappa shape index (κ2) is 14.0. The summed E-state index contributed by atoms with van der Waals surface area (Å²) in [5.41, 5.74) is 0. The Kier molecular flexibility index (Phi) is 11.7. The van der Waals surface area contributed by atoms with Crippen molar-refractivity contribution in [2.45, 2.75) is 32.2 Å². The predicted octanol–water partition coefficient (Wildman–Crippen LogP) is 3.91. The lowest BCUT2D eigenvalue weighted by Gasteiger charge is -2.33. The Bertz CT molecular complexity index is 673. The maximum Gasteiger partial charge on any atom is 0.191 e. The fourth-order valence-electron chi connectivity index (χ4n) is 3.25. The Morgan fingerprint density at radius 2 is 2.03 bits per heavy atom. The van der Waals surface area contributed by atoms with Gasteiger partial charge in [-0.15, -0.1) is 35.3 Å². The highest BCUT2D eigenvalue weighted by molar-refractivity contribution is 14.0. The van der Waals surface area contributed by atoms with Gasteiger partial charge in [0.05, 0.1) is 32.1 Å². The topological polar surface area (TPSA) is 62.0 Å². The van der Waals surface area contributed by atoms with E-state index in [0.717, 1.165) is 76.9 Å². The quantitative estimate of drug-likeness (QED) is 0.210. The van der Waals surface area contributed by atoms with E-state index < -0.39 is 0 Å². The molecule has 2 N–H and O–H groups in total. The summed E-state index contributed by atoms with van der Waals surface area (Å²) in [6.45, 7) is 8.20. The molecule has 1 saturated heterocycles. The van der Waals surface area contributed by atoms with Gasteiger partial charge in [-0.25, -0.2) is 0 Å². The van der Waals surface area contributed by atoms with Gasteiger partial charge in [0.25, 0.3) is 0 Å². The number of halogens is 1. The van der Waals surface area contributed by atoms with Gasteiger partial charge in [0.1, 0.15) is 5.76 Å². The molecule has 1 aliphatic heterocycles. The van der Waals surface area contributed by atoms with Crippen molar-refractivity contribution >= 4 is 41.3 Å². The molecule has 0 saturated carbocycles. The van der Waals surface area contributed by atoms with Gasteiger partial charge in [-0.3, -0.25) is 9.89 Å². The number of nitrogens with one attached hydrogen (secondary N) is 2. The minimum atomic E-state index is 0. The van der Waals surface area contributed by atoms with Gasteiger partial charge in [-0.1, -0.05) is 19.4 Å². The van der Waals surface area contributed by atoms with E-state index in [9.17, 15) is 0 Å². The van der Waals surface area contributed by atoms with Crippen LogP contribution in [0, 0.1) is 0 Å². The summed E-state index contributed by atoms with van der Waals surface area (Å²) in [5.74, 6) is 1.88. The number of morpholine rings is 1. The fourth-order valence-corrected chi connectivity index (χ4v) is 4.10. The van der Waals surface area contributed by atoms with Crippen molar-refractivity contribution in [1.29, 1.82) is 0 Å². The molecule has 162 valence electrons. The molecule has 0 bridgehead atoms. The van der Waals surface area contributed by atoms with Crippen molar-refractivity contribution < 1.29 is 9.15 Å². The first-order valence-electron chi connectivity index (χ1n) is 10.3. The molecule has 0 amide bonds. The minimum absolute atomic E-state index is 0. The maximum atomic E-state index is 5.54. The van der Waals surface area contributed by atoms with Gasteiger partial charge in [0.2, 0.25) is 0 Å². The van der Waals surface area contributed by atoms with Crippen LogP contribution in [0.2, 0.25) is 0 Å². The molecule has 0 aromatic carbocycles. The van der Waals surface area contributed by atoms with Crippen LogP contribution in [0.15, 0.2) is 45.3 Å². The van der Waals surface area contributed by atoms with Gasteiger partial charge in [-0.05, 0) is 30.0 Å². The number of guanidine groups is 1. The van der Waals surface area contributed by atoms with E-state index in [-0.39, 0.29) is 24.0 Å². The van der Waals surface area contributed by atoms with Gasteiger partial charge in [0.15, 0.2) is 5.96 Å². The highest BCUT2D eigenvalue weighted by Crippen LogP contribution is 2.26. The number of thiophene rings is 1. The summed E-state index contributed by atoms with van der Waals surface area (Å²) in [4.78, 5) is 8.79. The van der Waals surface area contributed by atoms with E-state index in [1.54, 1.807) is 6.26 Å². The number of hydrogen-bond acceptors (Lipinski definition) is 5. The molecule has 8 heteroatoms. The van der Waals surface area contributed by atoms with Crippen LogP contribution in [0.1, 0.15) is 36.4 Å². The van der Waals surface area contributed by atoms with Crippen LogP contribution in [-0.4, -0.2) is 56.8 Å². The maximum absolute atomic E-state index is 5.54. The zero-order chi connectivity index (χ0) is 19.4. The fraction of sp³-hybridized carbons (Fsp3) is 0.571. The lowest BCUT2D eigenvalue weighted by molar-refractivity contribution is 0.0186. The van der Waals surface area contributed by atoms with E-state index in [2.05, 4.69) is 40.0 Å². The summed E-state index contributed by atoms with van der Waals surface area (Å²) in [6.07, 6.45) is 4.87. The van der Waals surface area contributed by atoms with Crippen molar-refractivity contribution in [1.82, 2.24) is 15.5 Å². The van der Waals surface area contributed by atoms with Crippen molar-refractivity contribution in [3.05, 3.63) is 46.5 Å². The number of furan rings is 1. The molecule has 0 spiro atoms. The minimum Gasteiger partial charge on any atom is -0.469 e. The molecular formula is C21H33IN4O2S. The second-order valence-corrected chi connectivity index (χ2v) is 7.88. The van der Waals surface area contributed by atoms with Crippen molar-refractivity contribution in [2.75, 3.05) is 45.9 Å². The number of rotatable bonds is 10. The molecular weight excluding hydrogens is 499 g/mol. The summed E-state index contributed by atoms with van der Waals surface area (Å²) in [7, 11) is 0. The molecule has 1 atom stereocenters. The van der Waals surface area contributed by atoms with E-state index in [0.29, 0.717) is 6.04 Å². The third kappa shape index (κ3) is 8.27. The van der Waals surface area contributed by atoms with Crippen LogP contribution in [0.5, 0.6) is 0 Å². The highest BCUT2D eigenvalue weighted by atomic mass is 127. The summed E-state index contributed by atoms with van der Waals surface area (Å²) < 4.78 is 11.0. The molecule has 2 aromatic heterocycles. The van der Waals surface area contributed by atoms with E-state index in [1.807, 2.05) is 23.5 Å².